The lowest BCUT2D eigenvalue weighted by Gasteiger charge is -2.37. The van der Waals surface area contributed by atoms with Gasteiger partial charge in [0.05, 0.1) is 36.3 Å². The van der Waals surface area contributed by atoms with Crippen LogP contribution in [0.2, 0.25) is 0 Å². The fraction of sp³-hybridized carbons (Fsp3) is 0.619. The second kappa shape index (κ2) is 8.78. The molecule has 0 unspecified atom stereocenters. The van der Waals surface area contributed by atoms with Crippen LogP contribution in [0.1, 0.15) is 25.7 Å². The third kappa shape index (κ3) is 4.30. The van der Waals surface area contributed by atoms with Crippen molar-refractivity contribution in [2.75, 3.05) is 63.3 Å². The molecule has 31 heavy (non-hydrogen) atoms. The molecule has 0 aliphatic carbocycles. The number of hydroxylamine groups is 2. The minimum absolute atomic E-state index is 0.00415. The van der Waals surface area contributed by atoms with Gasteiger partial charge in [-0.25, -0.2) is 9.78 Å². The average molecular weight is 449 g/mol. The third-order valence-electron chi connectivity index (χ3n) is 6.30. The van der Waals surface area contributed by atoms with Crippen molar-refractivity contribution in [3.63, 3.8) is 0 Å². The quantitative estimate of drug-likeness (QED) is 0.763. The van der Waals surface area contributed by atoms with Crippen LogP contribution in [0, 0.1) is 0 Å². The van der Waals surface area contributed by atoms with Gasteiger partial charge in [0.15, 0.2) is 5.13 Å². The lowest BCUT2D eigenvalue weighted by Crippen LogP contribution is -2.45. The standard InChI is InChI=1S/C21H28N4O5S/c1-27-16-4-3-15(24-10-13-28-14-11-24)18-17(16)22-19(31-18)23-20(26)30-25-8-6-21(7-9-25)5-2-12-29-21/h3-4H,2,5-14H2,1H3,(H,22,23,26). The zero-order valence-electron chi connectivity index (χ0n) is 17.7. The van der Waals surface area contributed by atoms with E-state index in [2.05, 4.69) is 15.2 Å². The molecule has 1 amide bonds. The number of benzene rings is 1. The molecule has 0 radical (unpaired) electrons. The highest BCUT2D eigenvalue weighted by molar-refractivity contribution is 7.23. The second-order valence-corrected chi connectivity index (χ2v) is 9.15. The normalized spacial score (nSPS) is 21.5. The molecule has 4 heterocycles. The van der Waals surface area contributed by atoms with Crippen LogP contribution in [0.15, 0.2) is 12.1 Å². The first-order chi connectivity index (χ1) is 15.2. The second-order valence-electron chi connectivity index (χ2n) is 8.15. The van der Waals surface area contributed by atoms with Crippen molar-refractivity contribution in [2.45, 2.75) is 31.3 Å². The molecule has 1 aromatic heterocycles. The summed E-state index contributed by atoms with van der Waals surface area (Å²) in [6, 6.07) is 3.96. The Bertz CT molecular complexity index is 929. The van der Waals surface area contributed by atoms with E-state index in [1.54, 1.807) is 12.2 Å². The highest BCUT2D eigenvalue weighted by Crippen LogP contribution is 2.40. The predicted molar refractivity (Wildman–Crippen MR) is 118 cm³/mol. The fourth-order valence-electron chi connectivity index (χ4n) is 4.60. The molecule has 0 atom stereocenters. The number of aromatic nitrogens is 1. The summed E-state index contributed by atoms with van der Waals surface area (Å²) in [5, 5.41) is 5.01. The fourth-order valence-corrected chi connectivity index (χ4v) is 5.61. The summed E-state index contributed by atoms with van der Waals surface area (Å²) >= 11 is 1.43. The number of morpholine rings is 1. The maximum absolute atomic E-state index is 12.5. The predicted octanol–water partition coefficient (Wildman–Crippen LogP) is 3.25. The van der Waals surface area contributed by atoms with E-state index < -0.39 is 6.09 Å². The number of carbonyl (C=O) groups is 1. The van der Waals surface area contributed by atoms with Crippen LogP contribution >= 0.6 is 11.3 Å². The van der Waals surface area contributed by atoms with Crippen molar-refractivity contribution < 1.29 is 23.8 Å². The van der Waals surface area contributed by atoms with E-state index in [9.17, 15) is 4.79 Å². The van der Waals surface area contributed by atoms with Crippen molar-refractivity contribution in [1.29, 1.82) is 0 Å². The number of rotatable bonds is 4. The molecule has 2 aromatic rings. The summed E-state index contributed by atoms with van der Waals surface area (Å²) in [7, 11) is 1.63. The van der Waals surface area contributed by atoms with Crippen LogP contribution in [-0.2, 0) is 14.3 Å². The molecular weight excluding hydrogens is 420 g/mol. The van der Waals surface area contributed by atoms with Crippen molar-refractivity contribution >= 4 is 38.5 Å². The van der Waals surface area contributed by atoms with E-state index in [-0.39, 0.29) is 5.60 Å². The first kappa shape index (κ1) is 20.7. The number of nitrogens with zero attached hydrogens (tertiary/aromatic N) is 3. The number of hydrogen-bond donors (Lipinski definition) is 1. The molecule has 1 spiro atoms. The number of ether oxygens (including phenoxy) is 3. The highest BCUT2D eigenvalue weighted by Gasteiger charge is 2.39. The van der Waals surface area contributed by atoms with Gasteiger partial charge in [0.1, 0.15) is 11.3 Å². The SMILES string of the molecule is COc1ccc(N2CCOCC2)c2sc(NC(=O)ON3CCC4(CCCO4)CC3)nc12. The molecule has 9 nitrogen and oxygen atoms in total. The highest BCUT2D eigenvalue weighted by atomic mass is 32.1. The molecule has 0 bridgehead atoms. The molecule has 168 valence electrons. The largest absolute Gasteiger partial charge is 0.494 e. The Kier molecular flexibility index (Phi) is 5.87. The van der Waals surface area contributed by atoms with Gasteiger partial charge in [0, 0.05) is 32.8 Å². The van der Waals surface area contributed by atoms with Gasteiger partial charge in [-0.3, -0.25) is 5.32 Å². The third-order valence-corrected chi connectivity index (χ3v) is 7.29. The zero-order chi connectivity index (χ0) is 21.3. The number of nitrogens with one attached hydrogen (secondary N) is 1. The van der Waals surface area contributed by atoms with Crippen LogP contribution in [0.25, 0.3) is 10.2 Å². The number of carbonyl (C=O) groups excluding carboxylic acids is 1. The zero-order valence-corrected chi connectivity index (χ0v) is 18.5. The summed E-state index contributed by atoms with van der Waals surface area (Å²) < 4.78 is 17.9. The van der Waals surface area contributed by atoms with Crippen LogP contribution in [0.4, 0.5) is 15.6 Å². The Morgan fingerprint density at radius 1 is 1.16 bits per heavy atom. The van der Waals surface area contributed by atoms with Crippen LogP contribution < -0.4 is 15.0 Å². The lowest BCUT2D eigenvalue weighted by atomic mass is 9.89. The van der Waals surface area contributed by atoms with E-state index in [0.717, 1.165) is 61.3 Å². The van der Waals surface area contributed by atoms with Gasteiger partial charge in [0.25, 0.3) is 0 Å². The summed E-state index contributed by atoms with van der Waals surface area (Å²) in [6.45, 7) is 5.26. The van der Waals surface area contributed by atoms with Gasteiger partial charge >= 0.3 is 6.09 Å². The topological polar surface area (TPSA) is 85.4 Å². The molecule has 3 aliphatic heterocycles. The Morgan fingerprint density at radius 3 is 2.68 bits per heavy atom. The Morgan fingerprint density at radius 2 is 1.97 bits per heavy atom. The smallest absolute Gasteiger partial charge is 0.432 e. The monoisotopic (exact) mass is 448 g/mol. The number of hydrogen-bond acceptors (Lipinski definition) is 9. The van der Waals surface area contributed by atoms with E-state index in [1.807, 2.05) is 12.1 Å². The van der Waals surface area contributed by atoms with Crippen LogP contribution in [0.5, 0.6) is 5.75 Å². The molecule has 3 aliphatic rings. The number of anilines is 2. The van der Waals surface area contributed by atoms with E-state index >= 15 is 0 Å². The maximum Gasteiger partial charge on any atom is 0.432 e. The Hall–Kier alpha value is -2.14. The van der Waals surface area contributed by atoms with Gasteiger partial charge in [0.2, 0.25) is 0 Å². The summed E-state index contributed by atoms with van der Waals surface area (Å²) in [5.41, 5.74) is 1.82. The van der Waals surface area contributed by atoms with Gasteiger partial charge in [-0.1, -0.05) is 11.3 Å². The number of methoxy groups -OCH3 is 1. The average Bonchev–Trinajstić information content (AvgIpc) is 3.42. The molecule has 5 rings (SSSR count). The molecule has 10 heteroatoms. The van der Waals surface area contributed by atoms with E-state index in [0.29, 0.717) is 37.2 Å². The van der Waals surface area contributed by atoms with Crippen LogP contribution in [-0.4, -0.2) is 74.9 Å². The maximum atomic E-state index is 12.5. The number of fused-ring (bicyclic) bond motifs is 1. The van der Waals surface area contributed by atoms with E-state index in [4.69, 9.17) is 19.0 Å². The van der Waals surface area contributed by atoms with Gasteiger partial charge in [-0.15, -0.1) is 5.06 Å². The van der Waals surface area contributed by atoms with Crippen LogP contribution in [0.3, 0.4) is 0 Å². The van der Waals surface area contributed by atoms with Crippen molar-refractivity contribution in [3.05, 3.63) is 12.1 Å². The molecular formula is C21H28N4O5S. The number of piperidine rings is 1. The van der Waals surface area contributed by atoms with Gasteiger partial charge in [-0.05, 0) is 37.8 Å². The Labute approximate surface area is 185 Å². The van der Waals surface area contributed by atoms with Gasteiger partial charge in [-0.2, -0.15) is 0 Å². The molecule has 0 saturated carbocycles. The minimum atomic E-state index is -0.519. The number of thiazole rings is 1. The minimum Gasteiger partial charge on any atom is -0.494 e. The molecule has 3 saturated heterocycles. The van der Waals surface area contributed by atoms with Crippen molar-refractivity contribution in [1.82, 2.24) is 10.0 Å². The lowest BCUT2D eigenvalue weighted by molar-refractivity contribution is -0.149. The van der Waals surface area contributed by atoms with Gasteiger partial charge < -0.3 is 23.9 Å². The van der Waals surface area contributed by atoms with E-state index in [1.165, 1.54) is 11.3 Å². The first-order valence-electron chi connectivity index (χ1n) is 10.8. The molecule has 1 aromatic carbocycles. The summed E-state index contributed by atoms with van der Waals surface area (Å²) in [5.74, 6) is 0.683. The number of amides is 1. The van der Waals surface area contributed by atoms with Crippen molar-refractivity contribution in [2.24, 2.45) is 0 Å². The molecule has 1 N–H and O–H groups in total. The van der Waals surface area contributed by atoms with Crippen molar-refractivity contribution in [3.8, 4) is 5.75 Å². The Balaban J connectivity index is 1.27. The summed E-state index contributed by atoms with van der Waals surface area (Å²) in [4.78, 5) is 24.9. The first-order valence-corrected chi connectivity index (χ1v) is 11.7. The summed E-state index contributed by atoms with van der Waals surface area (Å²) in [6.07, 6.45) is 3.48. The molecule has 3 fully saturated rings.